The van der Waals surface area contributed by atoms with Gasteiger partial charge in [0.2, 0.25) is 0 Å². The van der Waals surface area contributed by atoms with Crippen molar-refractivity contribution in [2.45, 2.75) is 19.9 Å². The normalized spacial score (nSPS) is 9.56. The van der Waals surface area contributed by atoms with Crippen LogP contribution in [0.15, 0.2) is 49.1 Å². The summed E-state index contributed by atoms with van der Waals surface area (Å²) in [7, 11) is 0. The van der Waals surface area contributed by atoms with Crippen molar-refractivity contribution in [3.8, 4) is 11.1 Å². The molecule has 0 amide bonds. The quantitative estimate of drug-likeness (QED) is 0.546. The van der Waals surface area contributed by atoms with Crippen LogP contribution in [0, 0.1) is 0 Å². The van der Waals surface area contributed by atoms with Crippen LogP contribution >= 0.6 is 0 Å². The smallest absolute Gasteiger partial charge is 0.169 e. The van der Waals surface area contributed by atoms with Crippen molar-refractivity contribution in [1.29, 1.82) is 0 Å². The van der Waals surface area contributed by atoms with Crippen LogP contribution in [0.1, 0.15) is 13.3 Å². The molecule has 0 saturated heterocycles. The number of aryl methyl sites for hydroxylation is 1. The largest absolute Gasteiger partial charge is 1.00 e. The molecule has 2 nitrogen and oxygen atoms in total. The molecule has 2 rings (SSSR count). The molecule has 3 heteroatoms. The topological polar surface area (TPSA) is 16.8 Å². The van der Waals surface area contributed by atoms with E-state index in [1.54, 1.807) is 0 Å². The van der Waals surface area contributed by atoms with Crippen molar-refractivity contribution in [1.82, 2.24) is 4.98 Å². The average molecular weight is 326 g/mol. The molecule has 0 radical (unpaired) electrons. The van der Waals surface area contributed by atoms with Crippen LogP contribution in [0.5, 0.6) is 0 Å². The number of halogens is 1. The van der Waals surface area contributed by atoms with Gasteiger partial charge in [0.15, 0.2) is 12.4 Å². The number of rotatable bonds is 3. The second kappa shape index (κ2) is 6.58. The first-order valence-electron chi connectivity index (χ1n) is 5.29. The Bertz CT molecular complexity index is 412. The number of nitrogens with zero attached hydrogens (tertiary/aromatic N) is 2. The van der Waals surface area contributed by atoms with Gasteiger partial charge >= 0.3 is 0 Å². The predicted octanol–water partition coefficient (Wildman–Crippen LogP) is -0.550. The molecular weight excluding hydrogens is 311 g/mol. The van der Waals surface area contributed by atoms with Gasteiger partial charge in [-0.2, -0.15) is 0 Å². The van der Waals surface area contributed by atoms with E-state index in [2.05, 4.69) is 41.0 Å². The molecule has 0 aromatic carbocycles. The lowest BCUT2D eigenvalue weighted by Crippen LogP contribution is -3.00. The average Bonchev–Trinajstić information content (AvgIpc) is 2.32. The molecule has 0 aliphatic rings. The second-order valence-corrected chi connectivity index (χ2v) is 3.56. The molecule has 2 heterocycles. The second-order valence-electron chi connectivity index (χ2n) is 3.56. The van der Waals surface area contributed by atoms with Crippen LogP contribution in [0.4, 0.5) is 0 Å². The van der Waals surface area contributed by atoms with Gasteiger partial charge in [-0.05, 0) is 23.3 Å². The standard InChI is InChI=1S/C13H15N2.HI/c1-2-9-15-10-5-13(6-11-15)12-3-7-14-8-4-12;/h3-8,10-11H,2,9H2,1H3;1H/q+1;/p-1. The Morgan fingerprint density at radius 1 is 1.00 bits per heavy atom. The summed E-state index contributed by atoms with van der Waals surface area (Å²) in [6.45, 7) is 3.26. The third-order valence-electron chi connectivity index (χ3n) is 2.39. The first-order valence-corrected chi connectivity index (χ1v) is 5.29. The highest BCUT2D eigenvalue weighted by Crippen LogP contribution is 2.15. The van der Waals surface area contributed by atoms with Crippen molar-refractivity contribution in [3.63, 3.8) is 0 Å². The monoisotopic (exact) mass is 326 g/mol. The minimum Gasteiger partial charge on any atom is -1.00 e. The first-order chi connectivity index (χ1) is 7.40. The molecule has 2 aromatic heterocycles. The SMILES string of the molecule is CCC[n+]1ccc(-c2ccncc2)cc1.[I-]. The summed E-state index contributed by atoms with van der Waals surface area (Å²) in [4.78, 5) is 4.01. The molecule has 0 N–H and O–H groups in total. The number of hydrogen-bond donors (Lipinski definition) is 0. The van der Waals surface area contributed by atoms with E-state index >= 15 is 0 Å². The molecule has 84 valence electrons. The summed E-state index contributed by atoms with van der Waals surface area (Å²) in [5, 5.41) is 0. The Kier molecular flexibility index (Phi) is 5.38. The minimum atomic E-state index is 0. The highest BCUT2D eigenvalue weighted by molar-refractivity contribution is 5.61. The molecule has 0 atom stereocenters. The fourth-order valence-electron chi connectivity index (χ4n) is 1.60. The maximum Gasteiger partial charge on any atom is 0.169 e. The molecule has 0 aliphatic heterocycles. The van der Waals surface area contributed by atoms with Crippen molar-refractivity contribution in [3.05, 3.63) is 49.1 Å². The van der Waals surface area contributed by atoms with E-state index in [0.717, 1.165) is 6.54 Å². The first kappa shape index (κ1) is 13.1. The van der Waals surface area contributed by atoms with Gasteiger partial charge < -0.3 is 24.0 Å². The Morgan fingerprint density at radius 3 is 2.12 bits per heavy atom. The summed E-state index contributed by atoms with van der Waals surface area (Å²) in [5.74, 6) is 0. The van der Waals surface area contributed by atoms with Gasteiger partial charge in [0.05, 0.1) is 0 Å². The lowest BCUT2D eigenvalue weighted by atomic mass is 10.1. The lowest BCUT2D eigenvalue weighted by molar-refractivity contribution is -0.696. The zero-order valence-corrected chi connectivity index (χ0v) is 11.5. The van der Waals surface area contributed by atoms with E-state index in [0.29, 0.717) is 0 Å². The van der Waals surface area contributed by atoms with Gasteiger partial charge in [-0.3, -0.25) is 4.98 Å². The Balaban J connectivity index is 0.00000128. The maximum absolute atomic E-state index is 4.01. The molecule has 0 bridgehead atoms. The van der Waals surface area contributed by atoms with E-state index in [1.807, 2.05) is 24.5 Å². The van der Waals surface area contributed by atoms with Crippen LogP contribution in [-0.2, 0) is 6.54 Å². The van der Waals surface area contributed by atoms with Crippen LogP contribution in [0.3, 0.4) is 0 Å². The van der Waals surface area contributed by atoms with Gasteiger partial charge in [-0.1, -0.05) is 6.92 Å². The number of aromatic nitrogens is 2. The number of pyridine rings is 2. The molecule has 2 aromatic rings. The molecule has 0 spiro atoms. The van der Waals surface area contributed by atoms with E-state index in [4.69, 9.17) is 0 Å². The van der Waals surface area contributed by atoms with E-state index < -0.39 is 0 Å². The zero-order chi connectivity index (χ0) is 10.5. The third-order valence-corrected chi connectivity index (χ3v) is 2.39. The van der Waals surface area contributed by atoms with Gasteiger partial charge in [-0.25, -0.2) is 4.57 Å². The summed E-state index contributed by atoms with van der Waals surface area (Å²) in [5.41, 5.74) is 2.46. The summed E-state index contributed by atoms with van der Waals surface area (Å²) >= 11 is 0. The van der Waals surface area contributed by atoms with E-state index in [1.165, 1.54) is 17.5 Å². The maximum atomic E-state index is 4.01. The van der Waals surface area contributed by atoms with Gasteiger partial charge in [0.1, 0.15) is 6.54 Å². The Hall–Kier alpha value is -0.970. The van der Waals surface area contributed by atoms with Crippen LogP contribution in [0.25, 0.3) is 11.1 Å². The molecule has 16 heavy (non-hydrogen) atoms. The van der Waals surface area contributed by atoms with Crippen molar-refractivity contribution < 1.29 is 28.5 Å². The number of hydrogen-bond acceptors (Lipinski definition) is 1. The van der Waals surface area contributed by atoms with Crippen molar-refractivity contribution in [2.75, 3.05) is 0 Å². The van der Waals surface area contributed by atoms with Gasteiger partial charge in [0, 0.05) is 30.9 Å². The Morgan fingerprint density at radius 2 is 1.56 bits per heavy atom. The summed E-state index contributed by atoms with van der Waals surface area (Å²) in [6.07, 6.45) is 9.06. The van der Waals surface area contributed by atoms with Crippen LogP contribution in [0.2, 0.25) is 0 Å². The van der Waals surface area contributed by atoms with Crippen LogP contribution in [-0.4, -0.2) is 4.98 Å². The van der Waals surface area contributed by atoms with Crippen LogP contribution < -0.4 is 28.5 Å². The summed E-state index contributed by atoms with van der Waals surface area (Å²) in [6, 6.07) is 8.34. The molecule has 0 saturated carbocycles. The lowest BCUT2D eigenvalue weighted by Gasteiger charge is -1.99. The van der Waals surface area contributed by atoms with Gasteiger partial charge in [0.25, 0.3) is 0 Å². The highest BCUT2D eigenvalue weighted by Gasteiger charge is 2.00. The third kappa shape index (κ3) is 3.27. The van der Waals surface area contributed by atoms with E-state index in [9.17, 15) is 0 Å². The van der Waals surface area contributed by atoms with Gasteiger partial charge in [-0.15, -0.1) is 0 Å². The minimum absolute atomic E-state index is 0. The van der Waals surface area contributed by atoms with Crippen molar-refractivity contribution >= 4 is 0 Å². The fraction of sp³-hybridized carbons (Fsp3) is 0.231. The molecule has 0 fully saturated rings. The molecule has 0 aliphatic carbocycles. The van der Waals surface area contributed by atoms with Crippen molar-refractivity contribution in [2.24, 2.45) is 0 Å². The Labute approximate surface area is 113 Å². The fourth-order valence-corrected chi connectivity index (χ4v) is 1.60. The molecular formula is C13H15IN2. The molecule has 0 unspecified atom stereocenters. The van der Waals surface area contributed by atoms with E-state index in [-0.39, 0.29) is 24.0 Å². The summed E-state index contributed by atoms with van der Waals surface area (Å²) < 4.78 is 2.20. The predicted molar refractivity (Wildman–Crippen MR) is 60.2 cm³/mol. The zero-order valence-electron chi connectivity index (χ0n) is 9.31. The highest BCUT2D eigenvalue weighted by atomic mass is 127.